The number of ether oxygens (including phenoxy) is 2. The van der Waals surface area contributed by atoms with Crippen molar-refractivity contribution in [2.75, 3.05) is 19.6 Å². The lowest BCUT2D eigenvalue weighted by molar-refractivity contribution is -0.159. The van der Waals surface area contributed by atoms with Crippen molar-refractivity contribution in [3.63, 3.8) is 0 Å². The summed E-state index contributed by atoms with van der Waals surface area (Å²) < 4.78 is 19.6. The number of fused-ring (bicyclic) bond motifs is 2. The summed E-state index contributed by atoms with van der Waals surface area (Å²) in [4.78, 5) is 27.5. The zero-order valence-electron chi connectivity index (χ0n) is 30.8. The minimum atomic E-state index is -1.16. The van der Waals surface area contributed by atoms with Crippen molar-refractivity contribution in [1.29, 1.82) is 0 Å². The number of phenolic OH excluding ortho intramolecular Hbond substituents is 2. The number of carbonyl (C=O) groups excluding carboxylic acids is 1. The van der Waals surface area contributed by atoms with Gasteiger partial charge in [0.25, 0.3) is 0 Å². The number of carbonyl (C=O) groups is 1. The lowest BCUT2D eigenvalue weighted by Crippen LogP contribution is -2.52. The number of nitrogens with one attached hydrogen (secondary N) is 3. The molecule has 0 fully saturated rings. The number of benzene rings is 2. The van der Waals surface area contributed by atoms with Gasteiger partial charge in [-0.3, -0.25) is 4.79 Å². The quantitative estimate of drug-likeness (QED) is 0.0931. The second-order valence-corrected chi connectivity index (χ2v) is 14.0. The molecule has 0 amide bonds. The Kier molecular flexibility index (Phi) is 11.5. The first-order chi connectivity index (χ1) is 25.9. The second kappa shape index (κ2) is 16.3. The maximum Gasteiger partial charge on any atom is 0.335 e. The third-order valence-corrected chi connectivity index (χ3v) is 10.2. The first kappa shape index (κ1) is 38.2. The summed E-state index contributed by atoms with van der Waals surface area (Å²) in [5.41, 5.74) is 14.3. The van der Waals surface area contributed by atoms with E-state index in [-0.39, 0.29) is 52.1 Å². The minimum Gasteiger partial charge on any atom is -0.508 e. The van der Waals surface area contributed by atoms with Gasteiger partial charge >= 0.3 is 5.97 Å². The van der Waals surface area contributed by atoms with Gasteiger partial charge in [0.2, 0.25) is 0 Å². The highest BCUT2D eigenvalue weighted by atomic mass is 16.6. The van der Waals surface area contributed by atoms with Gasteiger partial charge in [0, 0.05) is 54.4 Å². The molecular formula is C41H49N5O8. The average molecular weight is 740 g/mol. The van der Waals surface area contributed by atoms with Crippen LogP contribution in [0.4, 0.5) is 0 Å². The summed E-state index contributed by atoms with van der Waals surface area (Å²) in [6, 6.07) is 8.01. The Bertz CT molecular complexity index is 2130. The molecule has 4 heterocycles. The average Bonchev–Trinajstić information content (AvgIpc) is 3.15. The van der Waals surface area contributed by atoms with Gasteiger partial charge in [-0.05, 0) is 80.6 Å². The zero-order chi connectivity index (χ0) is 38.6. The highest BCUT2D eigenvalue weighted by Gasteiger charge is 2.47. The second-order valence-electron chi connectivity index (χ2n) is 14.0. The molecule has 6 rings (SSSR count). The number of aromatic hydroxyl groups is 2. The first-order valence-corrected chi connectivity index (χ1v) is 18.2. The van der Waals surface area contributed by atoms with Crippen molar-refractivity contribution >= 4 is 16.9 Å². The van der Waals surface area contributed by atoms with Crippen molar-refractivity contribution in [3.8, 4) is 17.2 Å². The molecule has 0 bridgehead atoms. The lowest BCUT2D eigenvalue weighted by Gasteiger charge is -2.43. The number of aliphatic hydroxyl groups excluding tert-OH is 1. The largest absolute Gasteiger partial charge is 0.508 e. The molecule has 1 unspecified atom stereocenters. The molecule has 2 aromatic carbocycles. The summed E-state index contributed by atoms with van der Waals surface area (Å²) in [7, 11) is 0. The van der Waals surface area contributed by atoms with Crippen molar-refractivity contribution in [2.24, 2.45) is 11.5 Å². The predicted octanol–water partition coefficient (Wildman–Crippen LogP) is 3.62. The number of allylic oxidation sites excluding steroid dienone is 5. The molecule has 13 heteroatoms. The Morgan fingerprint density at radius 1 is 1.26 bits per heavy atom. The number of esters is 1. The molecule has 3 aliphatic rings. The molecule has 0 spiro atoms. The number of likely N-dealkylation sites (N-methyl/N-ethyl adjacent to an activating group) is 1. The third-order valence-electron chi connectivity index (χ3n) is 10.2. The monoisotopic (exact) mass is 739 g/mol. The Balaban J connectivity index is 1.57. The lowest BCUT2D eigenvalue weighted by atomic mass is 9.78. The number of phenols is 2. The normalized spacial score (nSPS) is 21.5. The minimum absolute atomic E-state index is 0.00484. The third kappa shape index (κ3) is 8.03. The Labute approximate surface area is 313 Å². The summed E-state index contributed by atoms with van der Waals surface area (Å²) in [5.74, 6) is -0.681. The van der Waals surface area contributed by atoms with Crippen molar-refractivity contribution < 1.29 is 34.0 Å². The van der Waals surface area contributed by atoms with Gasteiger partial charge < -0.3 is 56.6 Å². The van der Waals surface area contributed by atoms with Crippen LogP contribution in [0.5, 0.6) is 17.2 Å². The van der Waals surface area contributed by atoms with Gasteiger partial charge in [0.05, 0.1) is 12.0 Å². The van der Waals surface area contributed by atoms with Crippen LogP contribution in [0.25, 0.3) is 11.0 Å². The summed E-state index contributed by atoms with van der Waals surface area (Å²) in [6.45, 7) is 6.42. The van der Waals surface area contributed by atoms with Gasteiger partial charge in [0.1, 0.15) is 52.3 Å². The smallest absolute Gasteiger partial charge is 0.335 e. The van der Waals surface area contributed by atoms with Crippen LogP contribution in [-0.4, -0.2) is 58.8 Å². The van der Waals surface area contributed by atoms with E-state index in [9.17, 15) is 24.9 Å². The molecule has 0 saturated carbocycles. The van der Waals surface area contributed by atoms with Gasteiger partial charge in [-0.2, -0.15) is 0 Å². The van der Waals surface area contributed by atoms with Crippen molar-refractivity contribution in [2.45, 2.75) is 76.9 Å². The molecule has 3 aromatic rings. The molecule has 0 radical (unpaired) electrons. The van der Waals surface area contributed by atoms with Crippen LogP contribution in [-0.2, 0) is 29.0 Å². The predicted molar refractivity (Wildman–Crippen MR) is 205 cm³/mol. The Morgan fingerprint density at radius 3 is 2.76 bits per heavy atom. The highest BCUT2D eigenvalue weighted by Crippen LogP contribution is 2.51. The van der Waals surface area contributed by atoms with E-state index in [1.165, 1.54) is 0 Å². The molecule has 1 aromatic heterocycles. The fraction of sp³-hybridized carbons (Fsp3) is 0.366. The number of rotatable bonds is 13. The standard InChI is InChI=1S/C41H49N5O8/c1-4-25(21-44-5-2)40(51)53-32-19-30-37(50)36-31(49)18-28(22-47)52-39(36)35(38(30)54-41(32,3)13-11-23-9-10-33(42)46-20-23)29(26-12-14-45-34(43)17-26)16-24-7-6-8-27(48)15-24/h4,6-10,12,15,17-18,20,29,32-33,44-48,50H,5,11,13-14,16,19,21-22,42-43H2,1-3H3/b25-4-/t29-,32-,33?,41+/m1/s1. The van der Waals surface area contributed by atoms with E-state index in [1.54, 1.807) is 37.3 Å². The fourth-order valence-electron chi connectivity index (χ4n) is 7.22. The molecule has 54 heavy (non-hydrogen) atoms. The van der Waals surface area contributed by atoms with Crippen LogP contribution in [0.2, 0.25) is 0 Å². The summed E-state index contributed by atoms with van der Waals surface area (Å²) in [5, 5.41) is 41.9. The van der Waals surface area contributed by atoms with Gasteiger partial charge in [-0.15, -0.1) is 0 Å². The summed E-state index contributed by atoms with van der Waals surface area (Å²) in [6.07, 6.45) is 11.1. The topological polar surface area (TPSA) is 215 Å². The Morgan fingerprint density at radius 2 is 2.07 bits per heavy atom. The molecule has 0 saturated heterocycles. The number of hydrogen-bond acceptors (Lipinski definition) is 13. The molecular weight excluding hydrogens is 690 g/mol. The fourth-order valence-corrected chi connectivity index (χ4v) is 7.22. The van der Waals surface area contributed by atoms with E-state index in [0.717, 1.165) is 22.8 Å². The van der Waals surface area contributed by atoms with E-state index in [0.29, 0.717) is 55.9 Å². The maximum absolute atomic E-state index is 13.8. The molecule has 4 atom stereocenters. The number of aliphatic hydroxyl groups is 1. The van der Waals surface area contributed by atoms with Crippen LogP contribution in [0, 0.1) is 0 Å². The van der Waals surface area contributed by atoms with Crippen molar-refractivity contribution in [3.05, 3.63) is 122 Å². The molecule has 10 N–H and O–H groups in total. The zero-order valence-corrected chi connectivity index (χ0v) is 30.8. The van der Waals surface area contributed by atoms with Crippen LogP contribution >= 0.6 is 0 Å². The first-order valence-electron chi connectivity index (χ1n) is 18.2. The van der Waals surface area contributed by atoms with E-state index in [2.05, 4.69) is 16.0 Å². The van der Waals surface area contributed by atoms with Crippen LogP contribution in [0.15, 0.2) is 98.7 Å². The number of nitrogens with two attached hydrogens (primary N) is 2. The Hall–Kier alpha value is -5.50. The van der Waals surface area contributed by atoms with Gasteiger partial charge in [0.15, 0.2) is 5.43 Å². The van der Waals surface area contributed by atoms with E-state index < -0.39 is 35.6 Å². The SMILES string of the molecule is C/C=C(/CNCC)C(=O)O[C@@H]1Cc2c(c([C@H](Cc3cccc(O)c3)C3=CCNC(N)=C3)c3oc(CO)cc(=O)c3c2O)O[C@@]1(C)CCC1=CNC(N)C=C1. The van der Waals surface area contributed by atoms with E-state index in [1.807, 2.05) is 44.3 Å². The van der Waals surface area contributed by atoms with E-state index in [4.69, 9.17) is 25.4 Å². The van der Waals surface area contributed by atoms with Crippen molar-refractivity contribution in [1.82, 2.24) is 16.0 Å². The highest BCUT2D eigenvalue weighted by molar-refractivity contribution is 5.92. The number of hydrogen-bond donors (Lipinski definition) is 8. The molecule has 13 nitrogen and oxygen atoms in total. The molecule has 286 valence electrons. The number of dihydropyridines is 2. The van der Waals surface area contributed by atoms with Crippen LogP contribution < -0.4 is 37.6 Å². The molecule has 0 aliphatic carbocycles. The van der Waals surface area contributed by atoms with Gasteiger partial charge in [-0.25, -0.2) is 4.79 Å². The van der Waals surface area contributed by atoms with E-state index >= 15 is 0 Å². The summed E-state index contributed by atoms with van der Waals surface area (Å²) >= 11 is 0. The maximum atomic E-state index is 13.8. The van der Waals surface area contributed by atoms with Crippen LogP contribution in [0.3, 0.4) is 0 Å². The van der Waals surface area contributed by atoms with Gasteiger partial charge in [-0.1, -0.05) is 37.3 Å². The van der Waals surface area contributed by atoms with Crippen LogP contribution in [0.1, 0.15) is 62.0 Å². The molecule has 3 aliphatic heterocycles.